The molecule has 0 aromatic heterocycles. The second kappa shape index (κ2) is 6.12. The van der Waals surface area contributed by atoms with E-state index in [1.807, 2.05) is 12.1 Å². The van der Waals surface area contributed by atoms with Crippen molar-refractivity contribution in [2.45, 2.75) is 38.0 Å². The molecule has 1 aliphatic heterocycles. The van der Waals surface area contributed by atoms with Gasteiger partial charge in [-0.05, 0) is 37.1 Å². The summed E-state index contributed by atoms with van der Waals surface area (Å²) in [6, 6.07) is 8.07. The molecule has 4 heteroatoms. The molecule has 110 valence electrons. The van der Waals surface area contributed by atoms with Gasteiger partial charge in [-0.2, -0.15) is 0 Å². The molecule has 2 atom stereocenters. The molecule has 2 aliphatic rings. The van der Waals surface area contributed by atoms with E-state index in [-0.39, 0.29) is 12.1 Å². The molecule has 1 saturated heterocycles. The summed E-state index contributed by atoms with van der Waals surface area (Å²) in [5.74, 6) is 0.934. The van der Waals surface area contributed by atoms with E-state index in [4.69, 9.17) is 15.2 Å². The van der Waals surface area contributed by atoms with E-state index >= 15 is 0 Å². The minimum Gasteiger partial charge on any atom is -0.490 e. The van der Waals surface area contributed by atoms with E-state index in [0.717, 1.165) is 37.6 Å². The molecule has 0 radical (unpaired) electrons. The fraction of sp³-hybridized carbons (Fsp3) is 0.625. The first kappa shape index (κ1) is 13.9. The van der Waals surface area contributed by atoms with Gasteiger partial charge in [0.1, 0.15) is 5.75 Å². The molecule has 1 saturated carbocycles. The van der Waals surface area contributed by atoms with Crippen molar-refractivity contribution >= 4 is 0 Å². The molecule has 1 aromatic rings. The zero-order chi connectivity index (χ0) is 13.9. The highest BCUT2D eigenvalue weighted by atomic mass is 16.5. The van der Waals surface area contributed by atoms with Crippen LogP contribution in [0.5, 0.6) is 5.75 Å². The molecule has 0 spiro atoms. The molecule has 1 heterocycles. The van der Waals surface area contributed by atoms with Crippen LogP contribution in [-0.4, -0.2) is 43.3 Å². The molecule has 20 heavy (non-hydrogen) atoms. The number of likely N-dealkylation sites (N-methyl/N-ethyl adjacent to an activating group) is 1. The standard InChI is InChI=1S/C16H24N2O2/c1-2-18-8-9-19-15(11-18)16(17)12-4-3-5-14(10-12)20-13-6-7-13/h3-5,10,13,15-16H,2,6-9,11,17H2,1H3. The number of nitrogens with zero attached hydrogens (tertiary/aromatic N) is 1. The highest BCUT2D eigenvalue weighted by molar-refractivity contribution is 5.31. The van der Waals surface area contributed by atoms with E-state index in [1.165, 1.54) is 12.8 Å². The molecule has 3 rings (SSSR count). The van der Waals surface area contributed by atoms with Crippen LogP contribution in [0, 0.1) is 0 Å². The Balaban J connectivity index is 1.67. The van der Waals surface area contributed by atoms with Crippen LogP contribution < -0.4 is 10.5 Å². The van der Waals surface area contributed by atoms with Gasteiger partial charge in [0.25, 0.3) is 0 Å². The van der Waals surface area contributed by atoms with Crippen molar-refractivity contribution in [1.29, 1.82) is 0 Å². The molecule has 2 fully saturated rings. The first-order valence-electron chi connectivity index (χ1n) is 7.62. The second-order valence-corrected chi connectivity index (χ2v) is 5.72. The zero-order valence-corrected chi connectivity index (χ0v) is 12.1. The average molecular weight is 276 g/mol. The summed E-state index contributed by atoms with van der Waals surface area (Å²) in [5, 5.41) is 0. The van der Waals surface area contributed by atoms with E-state index in [9.17, 15) is 0 Å². The number of hydrogen-bond donors (Lipinski definition) is 1. The molecule has 1 aliphatic carbocycles. The quantitative estimate of drug-likeness (QED) is 0.893. The van der Waals surface area contributed by atoms with Crippen LogP contribution in [0.15, 0.2) is 24.3 Å². The minimum atomic E-state index is -0.0906. The largest absolute Gasteiger partial charge is 0.490 e. The van der Waals surface area contributed by atoms with E-state index in [2.05, 4.69) is 24.0 Å². The van der Waals surface area contributed by atoms with Crippen LogP contribution >= 0.6 is 0 Å². The summed E-state index contributed by atoms with van der Waals surface area (Å²) in [6.45, 7) is 5.91. The molecule has 0 bridgehead atoms. The normalized spacial score (nSPS) is 25.4. The Morgan fingerprint density at radius 1 is 1.45 bits per heavy atom. The van der Waals surface area contributed by atoms with Gasteiger partial charge in [-0.3, -0.25) is 4.90 Å². The predicted octanol–water partition coefficient (Wildman–Crippen LogP) is 1.95. The lowest BCUT2D eigenvalue weighted by Crippen LogP contribution is -2.46. The van der Waals surface area contributed by atoms with Gasteiger partial charge in [0.05, 0.1) is 24.9 Å². The summed E-state index contributed by atoms with van der Waals surface area (Å²) >= 11 is 0. The SMILES string of the molecule is CCN1CCOC(C(N)c2cccc(OC3CC3)c2)C1. The van der Waals surface area contributed by atoms with Gasteiger partial charge >= 0.3 is 0 Å². The van der Waals surface area contributed by atoms with Gasteiger partial charge < -0.3 is 15.2 Å². The van der Waals surface area contributed by atoms with Gasteiger partial charge in [0.2, 0.25) is 0 Å². The zero-order valence-electron chi connectivity index (χ0n) is 12.1. The highest BCUT2D eigenvalue weighted by Crippen LogP contribution is 2.29. The van der Waals surface area contributed by atoms with Crippen molar-refractivity contribution in [2.24, 2.45) is 5.73 Å². The predicted molar refractivity (Wildman–Crippen MR) is 78.9 cm³/mol. The summed E-state index contributed by atoms with van der Waals surface area (Å²) in [6.07, 6.45) is 2.84. The van der Waals surface area contributed by atoms with Crippen LogP contribution in [0.1, 0.15) is 31.4 Å². The Kier molecular flexibility index (Phi) is 4.24. The highest BCUT2D eigenvalue weighted by Gasteiger charge is 2.27. The molecule has 0 amide bonds. The maximum atomic E-state index is 6.39. The van der Waals surface area contributed by atoms with Gasteiger partial charge in [0.15, 0.2) is 0 Å². The summed E-state index contributed by atoms with van der Waals surface area (Å²) in [7, 11) is 0. The lowest BCUT2D eigenvalue weighted by molar-refractivity contribution is -0.0392. The maximum absolute atomic E-state index is 6.39. The molecule has 1 aromatic carbocycles. The molecule has 2 unspecified atom stereocenters. The Hall–Kier alpha value is -1.10. The van der Waals surface area contributed by atoms with Gasteiger partial charge in [-0.1, -0.05) is 19.1 Å². The number of hydrogen-bond acceptors (Lipinski definition) is 4. The second-order valence-electron chi connectivity index (χ2n) is 5.72. The van der Waals surface area contributed by atoms with Crippen LogP contribution in [-0.2, 0) is 4.74 Å². The van der Waals surface area contributed by atoms with E-state index in [0.29, 0.717) is 6.10 Å². The average Bonchev–Trinajstić information content (AvgIpc) is 3.31. The Morgan fingerprint density at radius 3 is 3.05 bits per heavy atom. The van der Waals surface area contributed by atoms with Crippen molar-refractivity contribution in [3.63, 3.8) is 0 Å². The minimum absolute atomic E-state index is 0.0693. The van der Waals surface area contributed by atoms with Crippen molar-refractivity contribution in [3.05, 3.63) is 29.8 Å². The monoisotopic (exact) mass is 276 g/mol. The maximum Gasteiger partial charge on any atom is 0.120 e. The third kappa shape index (κ3) is 3.32. The smallest absolute Gasteiger partial charge is 0.120 e. The summed E-state index contributed by atoms with van der Waals surface area (Å²) in [5.41, 5.74) is 7.50. The fourth-order valence-corrected chi connectivity index (χ4v) is 2.62. The first-order chi connectivity index (χ1) is 9.76. The Morgan fingerprint density at radius 2 is 2.30 bits per heavy atom. The number of rotatable bonds is 5. The third-order valence-corrected chi connectivity index (χ3v) is 4.10. The number of ether oxygens (including phenoxy) is 2. The molecular weight excluding hydrogens is 252 g/mol. The first-order valence-corrected chi connectivity index (χ1v) is 7.62. The van der Waals surface area contributed by atoms with Crippen molar-refractivity contribution in [2.75, 3.05) is 26.2 Å². The molecule has 4 nitrogen and oxygen atoms in total. The van der Waals surface area contributed by atoms with Gasteiger partial charge in [-0.15, -0.1) is 0 Å². The van der Waals surface area contributed by atoms with Crippen molar-refractivity contribution in [3.8, 4) is 5.75 Å². The lowest BCUT2D eigenvalue weighted by atomic mass is 10.0. The lowest BCUT2D eigenvalue weighted by Gasteiger charge is -2.35. The van der Waals surface area contributed by atoms with Crippen LogP contribution in [0.2, 0.25) is 0 Å². The van der Waals surface area contributed by atoms with Gasteiger partial charge in [0, 0.05) is 13.1 Å². The fourth-order valence-electron chi connectivity index (χ4n) is 2.62. The molecule has 2 N–H and O–H groups in total. The summed E-state index contributed by atoms with van der Waals surface area (Å²) < 4.78 is 11.7. The van der Waals surface area contributed by atoms with Gasteiger partial charge in [-0.25, -0.2) is 0 Å². The number of morpholine rings is 1. The van der Waals surface area contributed by atoms with E-state index in [1.54, 1.807) is 0 Å². The van der Waals surface area contributed by atoms with Crippen LogP contribution in [0.3, 0.4) is 0 Å². The summed E-state index contributed by atoms with van der Waals surface area (Å²) in [4.78, 5) is 2.39. The van der Waals surface area contributed by atoms with Crippen LogP contribution in [0.4, 0.5) is 0 Å². The van der Waals surface area contributed by atoms with E-state index < -0.39 is 0 Å². The van der Waals surface area contributed by atoms with Crippen molar-refractivity contribution < 1.29 is 9.47 Å². The Labute approximate surface area is 120 Å². The number of nitrogens with two attached hydrogens (primary N) is 1. The third-order valence-electron chi connectivity index (χ3n) is 4.10. The number of benzene rings is 1. The van der Waals surface area contributed by atoms with Crippen molar-refractivity contribution in [1.82, 2.24) is 4.90 Å². The molecular formula is C16H24N2O2. The topological polar surface area (TPSA) is 47.7 Å². The Bertz CT molecular complexity index is 448. The van der Waals surface area contributed by atoms with Crippen LogP contribution in [0.25, 0.3) is 0 Å².